The highest BCUT2D eigenvalue weighted by molar-refractivity contribution is 7.92. The fourth-order valence-corrected chi connectivity index (χ4v) is 5.44. The number of benzene rings is 1. The van der Waals surface area contributed by atoms with Gasteiger partial charge in [0.05, 0.1) is 41.0 Å². The van der Waals surface area contributed by atoms with E-state index in [1.807, 2.05) is 52.0 Å². The minimum atomic E-state index is -3.73. The van der Waals surface area contributed by atoms with E-state index >= 15 is 0 Å². The molecule has 1 aromatic carbocycles. The molecule has 2 aliphatic rings. The Hall–Kier alpha value is -2.90. The Morgan fingerprint density at radius 2 is 1.77 bits per heavy atom. The molecule has 2 N–H and O–H groups in total. The molecule has 2 atom stereocenters. The summed E-state index contributed by atoms with van der Waals surface area (Å²) >= 11 is 0. The van der Waals surface area contributed by atoms with Crippen LogP contribution in [-0.4, -0.2) is 84.3 Å². The van der Waals surface area contributed by atoms with Crippen LogP contribution in [-0.2, 0) is 28.7 Å². The number of aromatic nitrogens is 2. The molecule has 0 spiro atoms. The Bertz CT molecular complexity index is 1360. The van der Waals surface area contributed by atoms with Crippen molar-refractivity contribution in [2.75, 3.05) is 19.9 Å². The van der Waals surface area contributed by atoms with Crippen LogP contribution in [0.5, 0.6) is 0 Å². The second-order valence-electron chi connectivity index (χ2n) is 12.0. The number of ether oxygens (including phenoxy) is 1. The van der Waals surface area contributed by atoms with Gasteiger partial charge in [-0.2, -0.15) is 0 Å². The largest absolute Gasteiger partial charge is 0.494 e. The van der Waals surface area contributed by atoms with Gasteiger partial charge in [-0.25, -0.2) is 18.2 Å². The summed E-state index contributed by atoms with van der Waals surface area (Å²) in [4.78, 5) is 35.3. The summed E-state index contributed by atoms with van der Waals surface area (Å²) in [7, 11) is -3.02. The van der Waals surface area contributed by atoms with Gasteiger partial charge < -0.3 is 29.2 Å². The number of hydrogen-bond donors (Lipinski definition) is 2. The van der Waals surface area contributed by atoms with Crippen LogP contribution in [0.3, 0.4) is 0 Å². The van der Waals surface area contributed by atoms with Crippen molar-refractivity contribution in [3.63, 3.8) is 0 Å². The van der Waals surface area contributed by atoms with Crippen LogP contribution < -0.4 is 10.8 Å². The summed E-state index contributed by atoms with van der Waals surface area (Å²) in [5.74, 6) is 0.0814. The number of aromatic amines is 1. The fourth-order valence-electron chi connectivity index (χ4n) is 4.86. The SMILES string of the molecule is COC(=O)N[C@@H](C(=O)N1CCC[C@@H]1c1ncc(-c2ccc(B3OC(C)(C)C(C)(C)O3)cc2)[nH]1)C(C)(C)S(C)(=O)=O. The summed E-state index contributed by atoms with van der Waals surface area (Å²) in [6.45, 7) is 11.3. The zero-order valence-corrected chi connectivity index (χ0v) is 25.2. The third-order valence-electron chi connectivity index (χ3n) is 8.54. The maximum absolute atomic E-state index is 13.7. The number of alkyl carbamates (subject to hydrolysis) is 1. The van der Waals surface area contributed by atoms with Gasteiger partial charge in [0.25, 0.3) is 0 Å². The predicted octanol–water partition coefficient (Wildman–Crippen LogP) is 2.59. The standard InChI is InChI=1S/C27H39BN4O7S/c1-25(2,40(8,35)36)21(31-24(34)37-7)23(33)32-15-9-10-20(32)22-29-16-19(30-22)17-11-13-18(14-12-17)28-38-26(3,4)27(5,6)39-28/h11-14,16,20-21H,9-10,15H2,1-8H3,(H,29,30)(H,31,34)/t20-,21+/m1/s1. The lowest BCUT2D eigenvalue weighted by molar-refractivity contribution is -0.135. The van der Waals surface area contributed by atoms with Crippen molar-refractivity contribution in [1.29, 1.82) is 0 Å². The predicted molar refractivity (Wildman–Crippen MR) is 152 cm³/mol. The first-order valence-corrected chi connectivity index (χ1v) is 15.2. The maximum atomic E-state index is 13.7. The lowest BCUT2D eigenvalue weighted by atomic mass is 9.79. The number of H-pyrrole nitrogens is 1. The fraction of sp³-hybridized carbons (Fsp3) is 0.593. The molecule has 218 valence electrons. The van der Waals surface area contributed by atoms with Gasteiger partial charge in [0, 0.05) is 12.8 Å². The Morgan fingerprint density at radius 3 is 2.33 bits per heavy atom. The number of sulfone groups is 1. The summed E-state index contributed by atoms with van der Waals surface area (Å²) in [6.07, 6.45) is 3.23. The molecular weight excluding hydrogens is 535 g/mol. The number of imidazole rings is 1. The van der Waals surface area contributed by atoms with E-state index in [0.717, 1.165) is 30.1 Å². The highest BCUT2D eigenvalue weighted by Gasteiger charge is 2.52. The molecule has 2 aliphatic heterocycles. The number of rotatable bonds is 7. The smallest absolute Gasteiger partial charge is 0.453 e. The first-order valence-electron chi connectivity index (χ1n) is 13.3. The quantitative estimate of drug-likeness (QED) is 0.481. The first-order chi connectivity index (χ1) is 18.5. The number of nitrogens with one attached hydrogen (secondary N) is 2. The minimum absolute atomic E-state index is 0.400. The molecule has 0 saturated carbocycles. The number of carbonyl (C=O) groups is 2. The van der Waals surface area contributed by atoms with E-state index in [1.54, 1.807) is 11.1 Å². The second kappa shape index (κ2) is 10.5. The van der Waals surface area contributed by atoms with E-state index in [0.29, 0.717) is 25.2 Å². The second-order valence-corrected chi connectivity index (χ2v) is 14.6. The van der Waals surface area contributed by atoms with E-state index in [-0.39, 0.29) is 0 Å². The zero-order chi connectivity index (χ0) is 29.7. The molecule has 0 bridgehead atoms. The average Bonchev–Trinajstić information content (AvgIpc) is 3.59. The number of nitrogens with zero attached hydrogens (tertiary/aromatic N) is 2. The minimum Gasteiger partial charge on any atom is -0.453 e. The number of likely N-dealkylation sites (tertiary alicyclic amines) is 1. The number of amides is 2. The average molecular weight is 575 g/mol. The highest BCUT2D eigenvalue weighted by atomic mass is 32.2. The number of hydrogen-bond acceptors (Lipinski definition) is 8. The van der Waals surface area contributed by atoms with Crippen molar-refractivity contribution in [2.24, 2.45) is 0 Å². The van der Waals surface area contributed by atoms with Crippen molar-refractivity contribution in [3.8, 4) is 11.3 Å². The number of methoxy groups -OCH3 is 1. The van der Waals surface area contributed by atoms with Gasteiger partial charge in [-0.05, 0) is 65.4 Å². The zero-order valence-electron chi connectivity index (χ0n) is 24.4. The summed E-state index contributed by atoms with van der Waals surface area (Å²) in [6, 6.07) is 6.09. The maximum Gasteiger partial charge on any atom is 0.494 e. The molecule has 13 heteroatoms. The van der Waals surface area contributed by atoms with Gasteiger partial charge in [0.1, 0.15) is 11.9 Å². The van der Waals surface area contributed by atoms with Crippen molar-refractivity contribution in [3.05, 3.63) is 36.3 Å². The van der Waals surface area contributed by atoms with Gasteiger partial charge in [0.2, 0.25) is 5.91 Å². The van der Waals surface area contributed by atoms with E-state index in [4.69, 9.17) is 9.31 Å². The van der Waals surface area contributed by atoms with Gasteiger partial charge in [-0.1, -0.05) is 24.3 Å². The highest BCUT2D eigenvalue weighted by Crippen LogP contribution is 2.37. The lowest BCUT2D eigenvalue weighted by Gasteiger charge is -2.36. The third kappa shape index (κ3) is 5.51. The Morgan fingerprint density at radius 1 is 1.18 bits per heavy atom. The lowest BCUT2D eigenvalue weighted by Crippen LogP contribution is -2.61. The molecule has 0 radical (unpaired) electrons. The first kappa shape index (κ1) is 30.1. The molecule has 2 aromatic rings. The Balaban J connectivity index is 1.54. The van der Waals surface area contributed by atoms with Crippen LogP contribution in [0.4, 0.5) is 4.79 Å². The van der Waals surface area contributed by atoms with Gasteiger partial charge in [-0.15, -0.1) is 0 Å². The van der Waals surface area contributed by atoms with Crippen molar-refractivity contribution in [2.45, 2.75) is 82.4 Å². The molecule has 2 saturated heterocycles. The van der Waals surface area contributed by atoms with E-state index in [1.165, 1.54) is 13.8 Å². The molecule has 3 heterocycles. The molecule has 4 rings (SSSR count). The Kier molecular flexibility index (Phi) is 7.89. The van der Waals surface area contributed by atoms with E-state index < -0.39 is 57.0 Å². The summed E-state index contributed by atoms with van der Waals surface area (Å²) < 4.78 is 40.5. The van der Waals surface area contributed by atoms with Crippen LogP contribution in [0, 0.1) is 0 Å². The normalized spacial score (nSPS) is 21.4. The molecule has 2 amide bonds. The van der Waals surface area contributed by atoms with Gasteiger partial charge in [-0.3, -0.25) is 4.79 Å². The Labute approximate surface area is 236 Å². The molecule has 0 aliphatic carbocycles. The van der Waals surface area contributed by atoms with Crippen LogP contribution in [0.2, 0.25) is 0 Å². The van der Waals surface area contributed by atoms with Gasteiger partial charge >= 0.3 is 13.2 Å². The number of carbonyl (C=O) groups excluding carboxylic acids is 2. The van der Waals surface area contributed by atoms with Crippen molar-refractivity contribution >= 4 is 34.4 Å². The van der Waals surface area contributed by atoms with Crippen molar-refractivity contribution in [1.82, 2.24) is 20.2 Å². The van der Waals surface area contributed by atoms with E-state index in [9.17, 15) is 18.0 Å². The summed E-state index contributed by atoms with van der Waals surface area (Å²) in [5.41, 5.74) is 1.73. The van der Waals surface area contributed by atoms with Crippen LogP contribution in [0.25, 0.3) is 11.3 Å². The molecule has 0 unspecified atom stereocenters. The topological polar surface area (TPSA) is 140 Å². The molecule has 11 nitrogen and oxygen atoms in total. The molecule has 40 heavy (non-hydrogen) atoms. The van der Waals surface area contributed by atoms with Crippen LogP contribution in [0.1, 0.15) is 66.3 Å². The van der Waals surface area contributed by atoms with Crippen LogP contribution >= 0.6 is 0 Å². The summed E-state index contributed by atoms with van der Waals surface area (Å²) in [5, 5.41) is 2.45. The molecular formula is C27H39BN4O7S. The molecule has 2 fully saturated rings. The van der Waals surface area contributed by atoms with Crippen LogP contribution in [0.15, 0.2) is 30.5 Å². The van der Waals surface area contributed by atoms with Gasteiger partial charge in [0.15, 0.2) is 9.84 Å². The van der Waals surface area contributed by atoms with Crippen molar-refractivity contribution < 1.29 is 32.1 Å². The monoisotopic (exact) mass is 574 g/mol. The molecule has 1 aromatic heterocycles. The third-order valence-corrected chi connectivity index (χ3v) is 10.7. The van der Waals surface area contributed by atoms with E-state index in [2.05, 4.69) is 20.0 Å².